The van der Waals surface area contributed by atoms with Crippen LogP contribution in [0, 0.1) is 0 Å². The summed E-state index contributed by atoms with van der Waals surface area (Å²) in [6, 6.07) is 9.66. The van der Waals surface area contributed by atoms with E-state index in [1.165, 1.54) is 12.3 Å². The van der Waals surface area contributed by atoms with Crippen LogP contribution in [0.15, 0.2) is 47.1 Å². The maximum atomic E-state index is 10.3. The van der Waals surface area contributed by atoms with E-state index in [4.69, 9.17) is 4.42 Å². The number of aromatic carboxylic acids is 1. The Morgan fingerprint density at radius 1 is 1.15 bits per heavy atom. The average Bonchev–Trinajstić information content (AvgIpc) is 2.15. The average molecular weight is 202 g/mol. The van der Waals surface area contributed by atoms with Gasteiger partial charge in [0.05, 0.1) is 6.26 Å². The van der Waals surface area contributed by atoms with Crippen LogP contribution in [0.2, 0.25) is 0 Å². The van der Waals surface area contributed by atoms with Gasteiger partial charge in [-0.3, -0.25) is 0 Å². The fraction of sp³-hybridized carbons (Fsp3) is 0. The molecular weight excluding hydrogens is 195 g/mol. The van der Waals surface area contributed by atoms with Gasteiger partial charge in [0, 0.05) is 0 Å². The van der Waals surface area contributed by atoms with Gasteiger partial charge in [-0.15, -0.1) is 0 Å². The molecule has 0 bridgehead atoms. The molecule has 0 N–H and O–H groups in total. The summed E-state index contributed by atoms with van der Waals surface area (Å²) < 4.78 is 4.74. The molecule has 13 heavy (non-hydrogen) atoms. The summed E-state index contributed by atoms with van der Waals surface area (Å²) in [6.07, 6.45) is 1.28. The first-order chi connectivity index (χ1) is 5.80. The van der Waals surface area contributed by atoms with Gasteiger partial charge in [0.1, 0.15) is 11.7 Å². The number of carbonyl (C=O) groups is 1. The van der Waals surface area contributed by atoms with Crippen LogP contribution < -0.4 is 56.5 Å². The Morgan fingerprint density at radius 2 is 1.77 bits per heavy atom. The normalized spacial score (nSPS) is 8.00. The van der Waals surface area contributed by atoms with Crippen molar-refractivity contribution in [3.8, 4) is 0 Å². The number of carbonyl (C=O) groups excluding carboxylic acids is 1. The summed E-state index contributed by atoms with van der Waals surface area (Å²) in [5.74, 6) is -1.53. The molecule has 62 valence electrons. The molecule has 0 saturated heterocycles. The van der Waals surface area contributed by atoms with Gasteiger partial charge in [0.15, 0.2) is 0 Å². The molecule has 4 heteroatoms. The molecule has 3 nitrogen and oxygen atoms in total. The summed E-state index contributed by atoms with van der Waals surface area (Å²) in [7, 11) is 0. The van der Waals surface area contributed by atoms with E-state index in [9.17, 15) is 9.90 Å². The summed E-state index contributed by atoms with van der Waals surface area (Å²) in [4.78, 5) is 10.3. The molecule has 0 aromatic carbocycles. The molecule has 0 aliphatic carbocycles. The van der Waals surface area contributed by atoms with Crippen LogP contribution in [-0.2, 0) is 0 Å². The maximum Gasteiger partial charge on any atom is 1.00 e. The van der Waals surface area contributed by atoms with Crippen LogP contribution in [0.25, 0.3) is 0 Å². The van der Waals surface area contributed by atoms with Crippen molar-refractivity contribution in [1.29, 1.82) is 0 Å². The monoisotopic (exact) mass is 202 g/mol. The minimum Gasteiger partial charge on any atom is -0.542 e. The van der Waals surface area contributed by atoms with Crippen molar-refractivity contribution < 1.29 is 65.7 Å². The molecule has 0 aliphatic heterocycles. The Bertz CT molecular complexity index is 294. The van der Waals surface area contributed by atoms with Gasteiger partial charge < -0.3 is 14.3 Å². The molecular formula is C9H7KO3. The standard InChI is InChI=1S/C9H8O3.K/c10-9(11)8-6-4-2-1-3-5-7-12-8;/h1-7H,(H,10,11);/q;+1/p-1. The van der Waals surface area contributed by atoms with Crippen molar-refractivity contribution in [2.45, 2.75) is 0 Å². The molecule has 0 saturated carbocycles. The van der Waals surface area contributed by atoms with Crippen molar-refractivity contribution in [3.63, 3.8) is 0 Å². The zero-order valence-corrected chi connectivity index (χ0v) is 10.4. The first-order valence-electron chi connectivity index (χ1n) is 3.39. The van der Waals surface area contributed by atoms with Crippen LogP contribution in [-0.4, -0.2) is 5.97 Å². The maximum absolute atomic E-state index is 10.3. The minimum atomic E-state index is -1.33. The summed E-state index contributed by atoms with van der Waals surface area (Å²) in [5.41, 5.74) is 0. The molecule has 0 unspecified atom stereocenters. The van der Waals surface area contributed by atoms with Gasteiger partial charge in [0.2, 0.25) is 0 Å². The van der Waals surface area contributed by atoms with Crippen LogP contribution in [0.1, 0.15) is 10.6 Å². The Kier molecular flexibility index (Phi) is 7.21. The van der Waals surface area contributed by atoms with E-state index in [0.29, 0.717) is 0 Å². The van der Waals surface area contributed by atoms with E-state index in [2.05, 4.69) is 0 Å². The van der Waals surface area contributed by atoms with Crippen molar-refractivity contribution >= 4 is 5.97 Å². The van der Waals surface area contributed by atoms with Crippen molar-refractivity contribution in [1.82, 2.24) is 0 Å². The molecule has 1 heterocycles. The molecule has 1 aromatic heterocycles. The van der Waals surface area contributed by atoms with E-state index < -0.39 is 5.97 Å². The van der Waals surface area contributed by atoms with Crippen LogP contribution >= 0.6 is 0 Å². The van der Waals surface area contributed by atoms with E-state index in [1.807, 2.05) is 0 Å². The quantitative estimate of drug-likeness (QED) is 0.484. The largest absolute Gasteiger partial charge is 1.00 e. The smallest absolute Gasteiger partial charge is 0.542 e. The zero-order chi connectivity index (χ0) is 8.81. The number of hydrogen-bond acceptors (Lipinski definition) is 3. The van der Waals surface area contributed by atoms with E-state index in [0.717, 1.165) is 0 Å². The first-order valence-corrected chi connectivity index (χ1v) is 3.39. The molecule has 0 atom stereocenters. The van der Waals surface area contributed by atoms with Gasteiger partial charge in [0.25, 0.3) is 0 Å². The van der Waals surface area contributed by atoms with Crippen molar-refractivity contribution in [2.24, 2.45) is 0 Å². The van der Waals surface area contributed by atoms with Gasteiger partial charge in [-0.1, -0.05) is 24.3 Å². The Labute approximate surface area is 119 Å². The van der Waals surface area contributed by atoms with E-state index in [-0.39, 0.29) is 57.1 Å². The van der Waals surface area contributed by atoms with Crippen molar-refractivity contribution in [2.75, 3.05) is 0 Å². The third-order valence-electron chi connectivity index (χ3n) is 1.17. The topological polar surface area (TPSA) is 53.3 Å². The molecule has 0 fully saturated rings. The van der Waals surface area contributed by atoms with Gasteiger partial charge in [-0.25, -0.2) is 0 Å². The SMILES string of the molecule is O=C([O-])c1ccccccco1.[K+]. The second-order valence-corrected chi connectivity index (χ2v) is 2.03. The van der Waals surface area contributed by atoms with E-state index in [1.54, 1.807) is 30.3 Å². The number of hydrogen-bond donors (Lipinski definition) is 0. The van der Waals surface area contributed by atoms with Gasteiger partial charge in [-0.05, 0) is 12.1 Å². The fourth-order valence-electron chi connectivity index (χ4n) is 0.649. The van der Waals surface area contributed by atoms with Crippen LogP contribution in [0.5, 0.6) is 0 Å². The molecule has 0 radical (unpaired) electrons. The second-order valence-electron chi connectivity index (χ2n) is 2.03. The number of carboxylic acids is 1. The first kappa shape index (κ1) is 12.9. The summed E-state index contributed by atoms with van der Waals surface area (Å²) in [6.45, 7) is 0. The molecule has 1 rings (SSSR count). The number of rotatable bonds is 1. The Balaban J connectivity index is 0.00000144. The Hall–Kier alpha value is -0.134. The summed E-state index contributed by atoms with van der Waals surface area (Å²) in [5, 5.41) is 10.3. The number of carboxylic acid groups (broad SMARTS) is 1. The molecule has 0 aliphatic rings. The second kappa shape index (κ2) is 7.29. The van der Waals surface area contributed by atoms with Crippen LogP contribution in [0.3, 0.4) is 0 Å². The molecule has 1 aromatic rings. The summed E-state index contributed by atoms with van der Waals surface area (Å²) >= 11 is 0. The molecule has 0 spiro atoms. The van der Waals surface area contributed by atoms with E-state index >= 15 is 0 Å². The van der Waals surface area contributed by atoms with Gasteiger partial charge >= 0.3 is 51.4 Å². The van der Waals surface area contributed by atoms with Gasteiger partial charge in [-0.2, -0.15) is 0 Å². The third-order valence-corrected chi connectivity index (χ3v) is 1.17. The Morgan fingerprint density at radius 3 is 2.46 bits per heavy atom. The third kappa shape index (κ3) is 5.23. The predicted octanol–water partition coefficient (Wildman–Crippen LogP) is -2.23. The zero-order valence-electron chi connectivity index (χ0n) is 7.27. The predicted molar refractivity (Wildman–Crippen MR) is 40.7 cm³/mol. The fourth-order valence-corrected chi connectivity index (χ4v) is 0.649. The minimum absolute atomic E-state index is 0. The van der Waals surface area contributed by atoms with Crippen molar-refractivity contribution in [3.05, 3.63) is 48.4 Å². The molecule has 0 amide bonds. The van der Waals surface area contributed by atoms with Crippen LogP contribution in [0.4, 0.5) is 0 Å².